The second-order valence-corrected chi connectivity index (χ2v) is 7.22. The Morgan fingerprint density at radius 1 is 1.08 bits per heavy atom. The molecule has 1 aliphatic heterocycles. The number of benzene rings is 1. The summed E-state index contributed by atoms with van der Waals surface area (Å²) in [6, 6.07) is 10.2. The third kappa shape index (κ3) is 3.18. The molecule has 1 aliphatic carbocycles. The zero-order valence-electron chi connectivity index (χ0n) is 14.2. The summed E-state index contributed by atoms with van der Waals surface area (Å²) in [5.74, 6) is 2.03. The molecule has 1 saturated heterocycles. The van der Waals surface area contributed by atoms with Gasteiger partial charge in [0.25, 0.3) is 0 Å². The highest BCUT2D eigenvalue weighted by atomic mass is 16.2. The fraction of sp³-hybridized carbons (Fsp3) is 0.579. The van der Waals surface area contributed by atoms with E-state index in [-0.39, 0.29) is 5.69 Å². The summed E-state index contributed by atoms with van der Waals surface area (Å²) in [6.07, 6.45) is 5.90. The van der Waals surface area contributed by atoms with Crippen LogP contribution in [-0.2, 0) is 13.1 Å². The predicted molar refractivity (Wildman–Crippen MR) is 94.2 cm³/mol. The normalized spacial score (nSPS) is 19.3. The van der Waals surface area contributed by atoms with E-state index in [2.05, 4.69) is 17.4 Å². The average Bonchev–Trinajstić information content (AvgIpc) is 2.89. The Morgan fingerprint density at radius 3 is 2.50 bits per heavy atom. The molecule has 5 heteroatoms. The fourth-order valence-corrected chi connectivity index (χ4v) is 3.79. The molecule has 5 nitrogen and oxygen atoms in total. The first-order chi connectivity index (χ1) is 11.8. The molecule has 0 unspecified atom stereocenters. The summed E-state index contributed by atoms with van der Waals surface area (Å²) in [5, 5.41) is 8.19. The maximum atomic E-state index is 13.0. The van der Waals surface area contributed by atoms with Crippen molar-refractivity contribution >= 4 is 0 Å². The zero-order chi connectivity index (χ0) is 16.4. The molecule has 2 aliphatic rings. The van der Waals surface area contributed by atoms with Crippen molar-refractivity contribution in [2.45, 2.75) is 51.1 Å². The molecule has 128 valence electrons. The second-order valence-electron chi connectivity index (χ2n) is 7.22. The number of hydrogen-bond acceptors (Lipinski definition) is 3. The van der Waals surface area contributed by atoms with Gasteiger partial charge in [-0.05, 0) is 50.3 Å². The number of rotatable bonds is 5. The molecule has 0 amide bonds. The number of nitrogens with zero attached hydrogens (tertiary/aromatic N) is 3. The smallest absolute Gasteiger partial charge is 0.317 e. The highest BCUT2D eigenvalue weighted by Gasteiger charge is 2.26. The Labute approximate surface area is 142 Å². The van der Waals surface area contributed by atoms with Crippen molar-refractivity contribution < 1.29 is 0 Å². The molecular formula is C19H26N4O. The van der Waals surface area contributed by atoms with Crippen LogP contribution in [0.2, 0.25) is 0 Å². The summed E-state index contributed by atoms with van der Waals surface area (Å²) in [7, 11) is 0. The standard InChI is InChI=1S/C19H26N4O/c24-19-22(13-15-5-2-1-3-6-15)18(17-9-11-20-12-10-17)21-23(19)14-16-7-4-8-16/h1-3,5-6,16-17,20H,4,7-14H2. The van der Waals surface area contributed by atoms with E-state index >= 15 is 0 Å². The average molecular weight is 326 g/mol. The molecule has 2 fully saturated rings. The Morgan fingerprint density at radius 2 is 1.83 bits per heavy atom. The first-order valence-corrected chi connectivity index (χ1v) is 9.23. The molecule has 1 aromatic carbocycles. The maximum Gasteiger partial charge on any atom is 0.346 e. The van der Waals surface area contributed by atoms with Crippen molar-refractivity contribution in [1.29, 1.82) is 0 Å². The summed E-state index contributed by atoms with van der Waals surface area (Å²) in [5.41, 5.74) is 1.23. The van der Waals surface area contributed by atoms with Crippen molar-refractivity contribution in [2.24, 2.45) is 5.92 Å². The van der Waals surface area contributed by atoms with Crippen molar-refractivity contribution in [3.05, 3.63) is 52.2 Å². The van der Waals surface area contributed by atoms with Gasteiger partial charge in [-0.25, -0.2) is 9.48 Å². The van der Waals surface area contributed by atoms with Gasteiger partial charge in [-0.2, -0.15) is 5.10 Å². The first-order valence-electron chi connectivity index (χ1n) is 9.23. The molecule has 0 spiro atoms. The van der Waals surface area contributed by atoms with E-state index in [9.17, 15) is 4.79 Å². The van der Waals surface area contributed by atoms with Gasteiger partial charge in [-0.1, -0.05) is 36.8 Å². The lowest BCUT2D eigenvalue weighted by atomic mass is 9.85. The van der Waals surface area contributed by atoms with Crippen LogP contribution >= 0.6 is 0 Å². The number of hydrogen-bond donors (Lipinski definition) is 1. The predicted octanol–water partition coefficient (Wildman–Crippen LogP) is 2.36. The number of piperidine rings is 1. The monoisotopic (exact) mass is 326 g/mol. The van der Waals surface area contributed by atoms with Gasteiger partial charge in [0.1, 0.15) is 5.82 Å². The Bertz CT molecular complexity index is 724. The fourth-order valence-electron chi connectivity index (χ4n) is 3.79. The van der Waals surface area contributed by atoms with E-state index in [4.69, 9.17) is 5.10 Å². The van der Waals surface area contributed by atoms with Crippen LogP contribution in [0, 0.1) is 5.92 Å². The molecule has 0 bridgehead atoms. The molecular weight excluding hydrogens is 300 g/mol. The van der Waals surface area contributed by atoms with E-state index in [0.717, 1.165) is 43.9 Å². The Hall–Kier alpha value is -1.88. The summed E-state index contributed by atoms with van der Waals surface area (Å²) in [4.78, 5) is 13.0. The van der Waals surface area contributed by atoms with Crippen molar-refractivity contribution in [3.8, 4) is 0 Å². The maximum absolute atomic E-state index is 13.0. The molecule has 2 heterocycles. The minimum atomic E-state index is 0.0688. The highest BCUT2D eigenvalue weighted by molar-refractivity contribution is 5.16. The van der Waals surface area contributed by atoms with Crippen LogP contribution in [-0.4, -0.2) is 27.4 Å². The quantitative estimate of drug-likeness (QED) is 0.918. The van der Waals surface area contributed by atoms with Gasteiger partial charge in [0.05, 0.1) is 6.54 Å². The molecule has 24 heavy (non-hydrogen) atoms. The van der Waals surface area contributed by atoms with Crippen LogP contribution in [0.5, 0.6) is 0 Å². The Balaban J connectivity index is 1.66. The first kappa shape index (κ1) is 15.6. The Kier molecular flexibility index (Phi) is 4.52. The third-order valence-electron chi connectivity index (χ3n) is 5.50. The van der Waals surface area contributed by atoms with Gasteiger partial charge in [0.2, 0.25) is 0 Å². The molecule has 2 aromatic rings. The SMILES string of the molecule is O=c1n(CC2CCC2)nc(C2CCNCC2)n1Cc1ccccc1. The van der Waals surface area contributed by atoms with Crippen molar-refractivity contribution in [1.82, 2.24) is 19.7 Å². The van der Waals surface area contributed by atoms with Crippen LogP contribution < -0.4 is 11.0 Å². The molecule has 4 rings (SSSR count). The molecule has 1 saturated carbocycles. The van der Waals surface area contributed by atoms with Crippen molar-refractivity contribution in [3.63, 3.8) is 0 Å². The van der Waals surface area contributed by atoms with Crippen LogP contribution in [0.15, 0.2) is 35.1 Å². The zero-order valence-corrected chi connectivity index (χ0v) is 14.2. The van der Waals surface area contributed by atoms with Crippen LogP contribution in [0.4, 0.5) is 0 Å². The van der Waals surface area contributed by atoms with Crippen LogP contribution in [0.1, 0.15) is 49.4 Å². The van der Waals surface area contributed by atoms with E-state index in [0.29, 0.717) is 18.4 Å². The highest BCUT2D eigenvalue weighted by Crippen LogP contribution is 2.28. The topological polar surface area (TPSA) is 51.9 Å². The van der Waals surface area contributed by atoms with Gasteiger partial charge in [0.15, 0.2) is 0 Å². The third-order valence-corrected chi connectivity index (χ3v) is 5.50. The minimum absolute atomic E-state index is 0.0688. The van der Waals surface area contributed by atoms with E-state index in [1.54, 1.807) is 4.68 Å². The summed E-state index contributed by atoms with van der Waals surface area (Å²) in [6.45, 7) is 3.45. The number of nitrogens with one attached hydrogen (secondary N) is 1. The lowest BCUT2D eigenvalue weighted by Gasteiger charge is -2.24. The van der Waals surface area contributed by atoms with E-state index in [1.165, 1.54) is 19.3 Å². The minimum Gasteiger partial charge on any atom is -0.317 e. The number of aromatic nitrogens is 3. The van der Waals surface area contributed by atoms with Crippen molar-refractivity contribution in [2.75, 3.05) is 13.1 Å². The lowest BCUT2D eigenvalue weighted by molar-refractivity contribution is 0.262. The molecule has 1 N–H and O–H groups in total. The van der Waals surface area contributed by atoms with Gasteiger partial charge >= 0.3 is 5.69 Å². The lowest BCUT2D eigenvalue weighted by Crippen LogP contribution is -2.31. The van der Waals surface area contributed by atoms with E-state index < -0.39 is 0 Å². The molecule has 0 radical (unpaired) electrons. The van der Waals surface area contributed by atoms with Gasteiger partial charge in [-0.3, -0.25) is 4.57 Å². The van der Waals surface area contributed by atoms with Gasteiger partial charge in [0, 0.05) is 12.5 Å². The van der Waals surface area contributed by atoms with Crippen LogP contribution in [0.3, 0.4) is 0 Å². The summed E-state index contributed by atoms with van der Waals surface area (Å²) < 4.78 is 3.66. The molecule has 0 atom stereocenters. The van der Waals surface area contributed by atoms with Gasteiger partial charge in [-0.15, -0.1) is 0 Å². The van der Waals surface area contributed by atoms with E-state index in [1.807, 2.05) is 22.8 Å². The molecule has 1 aromatic heterocycles. The largest absolute Gasteiger partial charge is 0.346 e. The second kappa shape index (κ2) is 6.93. The summed E-state index contributed by atoms with van der Waals surface area (Å²) >= 11 is 0. The van der Waals surface area contributed by atoms with Crippen LogP contribution in [0.25, 0.3) is 0 Å². The van der Waals surface area contributed by atoms with Gasteiger partial charge < -0.3 is 5.32 Å².